The summed E-state index contributed by atoms with van der Waals surface area (Å²) in [6, 6.07) is 7.03. The molecule has 3 aromatic rings. The average molecular weight is 407 g/mol. The van der Waals surface area contributed by atoms with Crippen molar-refractivity contribution in [2.45, 2.75) is 6.18 Å². The number of hydrogen-bond acceptors (Lipinski definition) is 4. The number of hydrogen-bond donors (Lipinski definition) is 2. The van der Waals surface area contributed by atoms with Crippen LogP contribution in [0.1, 0.15) is 26.3 Å². The zero-order valence-electron chi connectivity index (χ0n) is 14.8. The smallest absolute Gasteiger partial charge is 0.322 e. The summed E-state index contributed by atoms with van der Waals surface area (Å²) in [5.41, 5.74) is -1.87. The Labute approximate surface area is 161 Å². The van der Waals surface area contributed by atoms with Crippen molar-refractivity contribution < 1.29 is 27.2 Å². The highest BCUT2D eigenvalue weighted by Gasteiger charge is 2.32. The lowest BCUT2D eigenvalue weighted by Gasteiger charge is -2.13. The third kappa shape index (κ3) is 4.94. The lowest BCUT2D eigenvalue weighted by atomic mass is 10.1. The van der Waals surface area contributed by atoms with Crippen LogP contribution in [0.5, 0.6) is 0 Å². The third-order valence-corrected chi connectivity index (χ3v) is 3.71. The molecule has 0 saturated heterocycles. The van der Waals surface area contributed by atoms with Gasteiger partial charge in [0.15, 0.2) is 5.82 Å². The highest BCUT2D eigenvalue weighted by Crippen LogP contribution is 2.32. The van der Waals surface area contributed by atoms with E-state index in [-0.39, 0.29) is 22.6 Å². The molecule has 0 fully saturated rings. The molecule has 0 unspecified atom stereocenters. The van der Waals surface area contributed by atoms with E-state index in [1.54, 1.807) is 0 Å². The van der Waals surface area contributed by atoms with Gasteiger partial charge in [-0.2, -0.15) is 23.1 Å². The van der Waals surface area contributed by atoms with Gasteiger partial charge in [0.25, 0.3) is 11.8 Å². The van der Waals surface area contributed by atoms with Gasteiger partial charge < -0.3 is 10.6 Å². The molecule has 3 rings (SSSR count). The maximum Gasteiger partial charge on any atom is 0.416 e. The average Bonchev–Trinajstić information content (AvgIpc) is 3.05. The van der Waals surface area contributed by atoms with E-state index in [0.717, 1.165) is 23.0 Å². The highest BCUT2D eigenvalue weighted by molar-refractivity contribution is 6.07. The van der Waals surface area contributed by atoms with Gasteiger partial charge in [0.1, 0.15) is 5.82 Å². The van der Waals surface area contributed by atoms with Crippen molar-refractivity contribution in [3.63, 3.8) is 0 Å². The minimum absolute atomic E-state index is 0.0419. The minimum atomic E-state index is -4.76. The first-order chi connectivity index (χ1) is 13.6. The van der Waals surface area contributed by atoms with Crippen LogP contribution >= 0.6 is 0 Å². The Hall–Kier alpha value is -3.76. The van der Waals surface area contributed by atoms with Gasteiger partial charge in [-0.25, -0.2) is 4.39 Å². The van der Waals surface area contributed by atoms with Crippen molar-refractivity contribution >= 4 is 23.3 Å². The molecule has 2 amide bonds. The van der Waals surface area contributed by atoms with E-state index in [0.29, 0.717) is 12.1 Å². The van der Waals surface area contributed by atoms with Crippen molar-refractivity contribution in [3.8, 4) is 0 Å². The van der Waals surface area contributed by atoms with Crippen LogP contribution in [0.2, 0.25) is 0 Å². The molecule has 0 aliphatic heterocycles. The summed E-state index contributed by atoms with van der Waals surface area (Å²) >= 11 is 0. The first-order valence-corrected chi connectivity index (χ1v) is 8.09. The van der Waals surface area contributed by atoms with Crippen LogP contribution in [-0.4, -0.2) is 26.8 Å². The van der Waals surface area contributed by atoms with E-state index < -0.39 is 29.4 Å². The molecule has 0 atom stereocenters. The highest BCUT2D eigenvalue weighted by atomic mass is 19.4. The van der Waals surface area contributed by atoms with Gasteiger partial charge in [-0.1, -0.05) is 6.07 Å². The first-order valence-electron chi connectivity index (χ1n) is 8.09. The molecular weight excluding hydrogens is 394 g/mol. The number of halogens is 4. The summed E-state index contributed by atoms with van der Waals surface area (Å²) in [5, 5.41) is 12.1. The summed E-state index contributed by atoms with van der Waals surface area (Å²) in [5.74, 6) is -2.34. The van der Waals surface area contributed by atoms with E-state index in [9.17, 15) is 27.2 Å². The van der Waals surface area contributed by atoms with E-state index in [2.05, 4.69) is 20.8 Å². The Morgan fingerprint density at radius 3 is 2.34 bits per heavy atom. The molecule has 2 N–H and O–H groups in total. The molecule has 11 heteroatoms. The monoisotopic (exact) mass is 407 g/mol. The topological polar surface area (TPSA) is 88.9 Å². The SMILES string of the molecule is Cn1ncc(NC(=O)c2cc(NC(=O)c3cccc(F)c3)cc(C(F)(F)F)c2)n1. The maximum absolute atomic E-state index is 13.3. The van der Waals surface area contributed by atoms with Crippen molar-refractivity contribution in [3.05, 3.63) is 71.2 Å². The van der Waals surface area contributed by atoms with Crippen LogP contribution in [0.15, 0.2) is 48.7 Å². The third-order valence-electron chi connectivity index (χ3n) is 3.71. The number of amides is 2. The van der Waals surface area contributed by atoms with Crippen molar-refractivity contribution in [1.82, 2.24) is 15.0 Å². The Kier molecular flexibility index (Phi) is 5.31. The summed E-state index contributed by atoms with van der Waals surface area (Å²) < 4.78 is 53.0. The molecule has 0 radical (unpaired) electrons. The molecule has 0 aliphatic carbocycles. The van der Waals surface area contributed by atoms with Gasteiger partial charge in [-0.15, -0.1) is 5.10 Å². The fraction of sp³-hybridized carbons (Fsp3) is 0.111. The fourth-order valence-electron chi connectivity index (χ4n) is 2.42. The zero-order valence-corrected chi connectivity index (χ0v) is 14.8. The van der Waals surface area contributed by atoms with Crippen molar-refractivity contribution in [2.24, 2.45) is 7.05 Å². The van der Waals surface area contributed by atoms with Crippen LogP contribution in [0.25, 0.3) is 0 Å². The summed E-state index contributed by atoms with van der Waals surface area (Å²) in [6.07, 6.45) is -3.54. The van der Waals surface area contributed by atoms with Crippen molar-refractivity contribution in [1.29, 1.82) is 0 Å². The van der Waals surface area contributed by atoms with E-state index >= 15 is 0 Å². The van der Waals surface area contributed by atoms with Gasteiger partial charge in [0, 0.05) is 23.9 Å². The van der Waals surface area contributed by atoms with Crippen molar-refractivity contribution in [2.75, 3.05) is 10.6 Å². The Bertz CT molecular complexity index is 1080. The molecule has 29 heavy (non-hydrogen) atoms. The van der Waals surface area contributed by atoms with Gasteiger partial charge >= 0.3 is 6.18 Å². The summed E-state index contributed by atoms with van der Waals surface area (Å²) in [7, 11) is 1.50. The molecule has 0 aliphatic rings. The number of carbonyl (C=O) groups excluding carboxylic acids is 2. The zero-order chi connectivity index (χ0) is 21.2. The largest absolute Gasteiger partial charge is 0.416 e. The normalized spacial score (nSPS) is 11.2. The quantitative estimate of drug-likeness (QED) is 0.648. The summed E-state index contributed by atoms with van der Waals surface area (Å²) in [6.45, 7) is 0. The number of carbonyl (C=O) groups is 2. The molecular formula is C18H13F4N5O2. The summed E-state index contributed by atoms with van der Waals surface area (Å²) in [4.78, 5) is 25.7. The molecule has 7 nitrogen and oxygen atoms in total. The first kappa shape index (κ1) is 20.0. The fourth-order valence-corrected chi connectivity index (χ4v) is 2.42. The number of anilines is 2. The van der Waals surface area contributed by atoms with Crippen LogP contribution in [0.4, 0.5) is 29.1 Å². The molecule has 0 spiro atoms. The van der Waals surface area contributed by atoms with E-state index in [4.69, 9.17) is 0 Å². The number of aryl methyl sites for hydroxylation is 1. The molecule has 0 bridgehead atoms. The van der Waals surface area contributed by atoms with Gasteiger partial charge in [-0.05, 0) is 36.4 Å². The van der Waals surface area contributed by atoms with Crippen LogP contribution in [0, 0.1) is 5.82 Å². The second kappa shape index (κ2) is 7.70. The number of aromatic nitrogens is 3. The lowest BCUT2D eigenvalue weighted by molar-refractivity contribution is -0.137. The van der Waals surface area contributed by atoms with Gasteiger partial charge in [0.2, 0.25) is 0 Å². The van der Waals surface area contributed by atoms with Gasteiger partial charge in [-0.3, -0.25) is 9.59 Å². The number of benzene rings is 2. The van der Waals surface area contributed by atoms with Crippen LogP contribution < -0.4 is 10.6 Å². The second-order valence-corrected chi connectivity index (χ2v) is 5.93. The number of rotatable bonds is 4. The standard InChI is InChI=1S/C18H13F4N5O2/c1-27-23-9-15(26-27)25-17(29)11-5-12(18(20,21)22)8-14(7-11)24-16(28)10-3-2-4-13(19)6-10/h2-9H,1H3,(H,24,28)(H,25,26,29). The van der Waals surface area contributed by atoms with E-state index in [1.807, 2.05) is 0 Å². The number of alkyl halides is 3. The van der Waals surface area contributed by atoms with Gasteiger partial charge in [0.05, 0.1) is 11.8 Å². The molecule has 1 aromatic heterocycles. The predicted octanol–water partition coefficient (Wildman–Crippen LogP) is 3.48. The maximum atomic E-state index is 13.3. The number of nitrogens with one attached hydrogen (secondary N) is 2. The molecule has 1 heterocycles. The second-order valence-electron chi connectivity index (χ2n) is 5.93. The lowest BCUT2D eigenvalue weighted by Crippen LogP contribution is -2.17. The molecule has 150 valence electrons. The Morgan fingerprint density at radius 2 is 1.72 bits per heavy atom. The van der Waals surface area contributed by atoms with E-state index in [1.165, 1.54) is 25.4 Å². The molecule has 2 aromatic carbocycles. The Morgan fingerprint density at radius 1 is 1.00 bits per heavy atom. The predicted molar refractivity (Wildman–Crippen MR) is 94.8 cm³/mol. The van der Waals surface area contributed by atoms with Crippen LogP contribution in [0.3, 0.4) is 0 Å². The number of nitrogens with zero attached hydrogens (tertiary/aromatic N) is 3. The minimum Gasteiger partial charge on any atom is -0.322 e. The molecule has 0 saturated carbocycles. The Balaban J connectivity index is 1.91. The van der Waals surface area contributed by atoms with Crippen LogP contribution in [-0.2, 0) is 13.2 Å².